The van der Waals surface area contributed by atoms with E-state index in [0.29, 0.717) is 24.7 Å². The van der Waals surface area contributed by atoms with Gasteiger partial charge < -0.3 is 35.0 Å². The molecule has 5 fully saturated rings. The number of ether oxygens (including phenoxy) is 2. The van der Waals surface area contributed by atoms with Gasteiger partial charge in [0, 0.05) is 0 Å². The maximum atomic E-state index is 14.4. The third-order valence-corrected chi connectivity index (χ3v) is 15.1. The molecule has 5 N–H and O–H groups in total. The van der Waals surface area contributed by atoms with Gasteiger partial charge in [0.1, 0.15) is 24.4 Å². The molecule has 0 aromatic rings. The fourth-order valence-electron chi connectivity index (χ4n) is 12.0. The van der Waals surface area contributed by atoms with Crippen LogP contribution < -0.4 is 0 Å². The molecule has 2 unspecified atom stereocenters. The first-order valence-electron chi connectivity index (χ1n) is 17.3. The van der Waals surface area contributed by atoms with Crippen molar-refractivity contribution in [2.24, 2.45) is 50.2 Å². The monoisotopic (exact) mass is 618 g/mol. The molecule has 250 valence electrons. The molecule has 0 spiro atoms. The third kappa shape index (κ3) is 4.40. The van der Waals surface area contributed by atoms with Crippen LogP contribution in [0.25, 0.3) is 0 Å². The van der Waals surface area contributed by atoms with Crippen LogP contribution in [-0.2, 0) is 14.3 Å². The van der Waals surface area contributed by atoms with Gasteiger partial charge in [-0.2, -0.15) is 0 Å². The van der Waals surface area contributed by atoms with Crippen LogP contribution in [0, 0.1) is 50.2 Å². The summed E-state index contributed by atoms with van der Waals surface area (Å²) in [5, 5.41) is 52.0. The molecule has 1 heterocycles. The van der Waals surface area contributed by atoms with Crippen LogP contribution in [0.5, 0.6) is 0 Å². The number of hydrogen-bond donors (Lipinski definition) is 5. The molecule has 0 aromatic carbocycles. The van der Waals surface area contributed by atoms with Gasteiger partial charge in [-0.15, -0.1) is 0 Å². The van der Waals surface area contributed by atoms with Crippen molar-refractivity contribution in [2.75, 3.05) is 6.61 Å². The lowest BCUT2D eigenvalue weighted by Gasteiger charge is -2.71. The summed E-state index contributed by atoms with van der Waals surface area (Å²) in [7, 11) is 0. The van der Waals surface area contributed by atoms with Gasteiger partial charge in [-0.1, -0.05) is 60.1 Å². The lowest BCUT2D eigenvalue weighted by Crippen LogP contribution is -2.65. The van der Waals surface area contributed by atoms with Crippen LogP contribution in [0.2, 0.25) is 0 Å². The molecule has 6 rings (SSSR count). The average molecular weight is 619 g/mol. The van der Waals surface area contributed by atoms with Crippen molar-refractivity contribution in [1.82, 2.24) is 0 Å². The van der Waals surface area contributed by atoms with Gasteiger partial charge >= 0.3 is 5.97 Å². The average Bonchev–Trinajstić information content (AvgIpc) is 2.95. The zero-order chi connectivity index (χ0) is 32.3. The summed E-state index contributed by atoms with van der Waals surface area (Å²) in [6.45, 7) is 16.1. The van der Waals surface area contributed by atoms with Gasteiger partial charge in [0.2, 0.25) is 6.29 Å². The third-order valence-electron chi connectivity index (χ3n) is 15.1. The van der Waals surface area contributed by atoms with E-state index in [9.17, 15) is 30.3 Å². The summed E-state index contributed by atoms with van der Waals surface area (Å²) in [5.74, 6) is 0.561. The molecular weight excluding hydrogens is 560 g/mol. The number of esters is 1. The number of carbonyl (C=O) groups is 1. The standard InChI is InChI=1S/C36H58O8/c1-31(2)14-16-36(30(42)44-29-28(41)27(40)26(39)22(19-37)43-29)17-15-34(6)20(21(36)18-31)8-9-24-33(5)12-11-25(38)32(3,4)23(33)10-13-35(24,34)7/h8,21-29,37-41H,9-19H2,1-7H3/t21-,22+,23?,24?,25-,26+,27-,28+,29-,33-,34+,35+,36-/m0/s1. The molecule has 44 heavy (non-hydrogen) atoms. The Kier molecular flexibility index (Phi) is 7.84. The van der Waals surface area contributed by atoms with Gasteiger partial charge in [0.25, 0.3) is 0 Å². The summed E-state index contributed by atoms with van der Waals surface area (Å²) in [5.41, 5.74) is 0.719. The largest absolute Gasteiger partial charge is 0.432 e. The summed E-state index contributed by atoms with van der Waals surface area (Å²) in [4.78, 5) is 14.4. The van der Waals surface area contributed by atoms with E-state index in [-0.39, 0.29) is 39.1 Å². The molecule has 0 bridgehead atoms. The van der Waals surface area contributed by atoms with Crippen molar-refractivity contribution in [3.8, 4) is 0 Å². The normalized spacial score (nSPS) is 52.8. The number of fused-ring (bicyclic) bond motifs is 7. The molecule has 8 nitrogen and oxygen atoms in total. The first kappa shape index (κ1) is 32.9. The Bertz CT molecular complexity index is 1180. The van der Waals surface area contributed by atoms with Crippen LogP contribution in [0.1, 0.15) is 113 Å². The van der Waals surface area contributed by atoms with Crippen LogP contribution in [0.4, 0.5) is 0 Å². The smallest absolute Gasteiger partial charge is 0.315 e. The number of hydrogen-bond acceptors (Lipinski definition) is 8. The molecule has 4 saturated carbocycles. The molecule has 13 atom stereocenters. The number of carbonyl (C=O) groups excluding carboxylic acids is 1. The highest BCUT2D eigenvalue weighted by molar-refractivity contribution is 5.79. The maximum Gasteiger partial charge on any atom is 0.315 e. The Morgan fingerprint density at radius 2 is 1.55 bits per heavy atom. The summed E-state index contributed by atoms with van der Waals surface area (Å²) < 4.78 is 11.6. The Morgan fingerprint density at radius 3 is 2.23 bits per heavy atom. The zero-order valence-corrected chi connectivity index (χ0v) is 28.0. The van der Waals surface area contributed by atoms with Gasteiger partial charge in [0.05, 0.1) is 18.1 Å². The fraction of sp³-hybridized carbons (Fsp3) is 0.917. The van der Waals surface area contributed by atoms with Gasteiger partial charge in [-0.25, -0.2) is 0 Å². The minimum atomic E-state index is -1.61. The predicted molar refractivity (Wildman–Crippen MR) is 165 cm³/mol. The highest BCUT2D eigenvalue weighted by atomic mass is 16.7. The topological polar surface area (TPSA) is 137 Å². The Hall–Kier alpha value is -1.03. The Balaban J connectivity index is 1.35. The number of rotatable bonds is 3. The lowest BCUT2D eigenvalue weighted by molar-refractivity contribution is -0.297. The second kappa shape index (κ2) is 10.5. The molecule has 0 amide bonds. The minimum Gasteiger partial charge on any atom is -0.432 e. The van der Waals surface area contributed by atoms with Gasteiger partial charge in [0.15, 0.2) is 0 Å². The highest BCUT2D eigenvalue weighted by Gasteiger charge is 2.69. The fourth-order valence-corrected chi connectivity index (χ4v) is 12.0. The second-order valence-electron chi connectivity index (χ2n) is 17.8. The van der Waals surface area contributed by atoms with Crippen molar-refractivity contribution in [3.05, 3.63) is 11.6 Å². The number of allylic oxidation sites excluding steroid dienone is 2. The van der Waals surface area contributed by atoms with E-state index >= 15 is 0 Å². The summed E-state index contributed by atoms with van der Waals surface area (Å²) in [6, 6.07) is 0. The molecule has 0 radical (unpaired) electrons. The highest BCUT2D eigenvalue weighted by Crippen LogP contribution is 2.75. The Morgan fingerprint density at radius 1 is 0.864 bits per heavy atom. The second-order valence-corrected chi connectivity index (χ2v) is 17.8. The summed E-state index contributed by atoms with van der Waals surface area (Å²) >= 11 is 0. The lowest BCUT2D eigenvalue weighted by atomic mass is 9.33. The molecule has 6 aliphatic rings. The number of aliphatic hydroxyl groups is 5. The van der Waals surface area contributed by atoms with Crippen molar-refractivity contribution in [1.29, 1.82) is 0 Å². The molecule has 8 heteroatoms. The van der Waals surface area contributed by atoms with Crippen molar-refractivity contribution in [2.45, 2.75) is 149 Å². The van der Waals surface area contributed by atoms with Crippen LogP contribution >= 0.6 is 0 Å². The van der Waals surface area contributed by atoms with E-state index < -0.39 is 48.7 Å². The quantitative estimate of drug-likeness (QED) is 0.231. The maximum absolute atomic E-state index is 14.4. The first-order valence-corrected chi connectivity index (χ1v) is 17.3. The molecule has 0 aromatic heterocycles. The molecular formula is C36H58O8. The van der Waals surface area contributed by atoms with E-state index in [1.54, 1.807) is 0 Å². The minimum absolute atomic E-state index is 0.00434. The zero-order valence-electron chi connectivity index (χ0n) is 28.0. The molecule has 1 aliphatic heterocycles. The van der Waals surface area contributed by atoms with Crippen LogP contribution in [0.15, 0.2) is 11.6 Å². The molecule has 5 aliphatic carbocycles. The van der Waals surface area contributed by atoms with E-state index in [1.165, 1.54) is 5.57 Å². The van der Waals surface area contributed by atoms with E-state index in [2.05, 4.69) is 54.5 Å². The Labute approximate surface area is 263 Å². The predicted octanol–water partition coefficient (Wildman–Crippen LogP) is 4.49. The van der Waals surface area contributed by atoms with Crippen LogP contribution in [0.3, 0.4) is 0 Å². The van der Waals surface area contributed by atoms with E-state index in [4.69, 9.17) is 9.47 Å². The summed E-state index contributed by atoms with van der Waals surface area (Å²) in [6.07, 6.45) is 4.05. The van der Waals surface area contributed by atoms with Crippen molar-refractivity contribution in [3.63, 3.8) is 0 Å². The van der Waals surface area contributed by atoms with Gasteiger partial charge in [-0.05, 0) is 109 Å². The molecule has 1 saturated heterocycles. The van der Waals surface area contributed by atoms with Crippen molar-refractivity contribution < 1.29 is 39.8 Å². The van der Waals surface area contributed by atoms with Crippen molar-refractivity contribution >= 4 is 5.97 Å². The van der Waals surface area contributed by atoms with Gasteiger partial charge in [-0.3, -0.25) is 4.79 Å². The number of aliphatic hydroxyl groups excluding tert-OH is 5. The van der Waals surface area contributed by atoms with E-state index in [1.807, 2.05) is 0 Å². The van der Waals surface area contributed by atoms with Crippen LogP contribution in [-0.4, -0.2) is 74.9 Å². The van der Waals surface area contributed by atoms with E-state index in [0.717, 1.165) is 51.4 Å². The SMILES string of the molecule is CC1(C)CC[C@]2(C(=O)O[C@@H]3O[C@H](CO)[C@@H](O)[C@H](O)[C@H]3O)CC[C@]3(C)C(=CCC4[C@@]5(C)CC[C@H](O)C(C)(C)C5CC[C@]43C)[C@@H]2C1. The first-order chi connectivity index (χ1) is 20.4.